The van der Waals surface area contributed by atoms with Crippen molar-refractivity contribution < 1.29 is 4.42 Å². The van der Waals surface area contributed by atoms with Crippen LogP contribution in [-0.4, -0.2) is 16.1 Å². The Balaban J connectivity index is 1.85. The quantitative estimate of drug-likeness (QED) is 0.746. The molecule has 4 nitrogen and oxygen atoms in total. The van der Waals surface area contributed by atoms with Crippen molar-refractivity contribution in [2.75, 3.05) is 6.54 Å². The second kappa shape index (κ2) is 5.92. The molecule has 20 heavy (non-hydrogen) atoms. The first-order valence-corrected chi connectivity index (χ1v) is 7.04. The summed E-state index contributed by atoms with van der Waals surface area (Å²) in [6.07, 6.45) is 6.55. The van der Waals surface area contributed by atoms with E-state index in [1.165, 1.54) is 11.1 Å². The van der Waals surface area contributed by atoms with Crippen LogP contribution >= 0.6 is 0 Å². The van der Waals surface area contributed by atoms with E-state index in [2.05, 4.69) is 27.9 Å². The number of para-hydroxylation sites is 2. The molecule has 0 bridgehead atoms. The number of nitrogens with one attached hydrogen (secondary N) is 1. The third kappa shape index (κ3) is 2.60. The van der Waals surface area contributed by atoms with E-state index in [1.807, 2.05) is 36.9 Å². The molecule has 1 atom stereocenters. The van der Waals surface area contributed by atoms with Gasteiger partial charge in [0.15, 0.2) is 0 Å². The Bertz CT molecular complexity index is 657. The third-order valence-corrected chi connectivity index (χ3v) is 3.49. The van der Waals surface area contributed by atoms with Gasteiger partial charge < -0.3 is 14.3 Å². The maximum absolute atomic E-state index is 5.22. The highest BCUT2D eigenvalue weighted by atomic mass is 16.3. The summed E-state index contributed by atoms with van der Waals surface area (Å²) in [4.78, 5) is 4.45. The van der Waals surface area contributed by atoms with E-state index in [4.69, 9.17) is 4.42 Å². The van der Waals surface area contributed by atoms with Crippen LogP contribution in [0, 0.1) is 0 Å². The summed E-state index contributed by atoms with van der Waals surface area (Å²) in [6, 6.07) is 10.5. The molecule has 0 aliphatic rings. The normalized spacial score (nSPS) is 12.8. The number of aromatic nitrogens is 2. The molecule has 3 aromatic rings. The van der Waals surface area contributed by atoms with Gasteiger partial charge in [0, 0.05) is 12.1 Å². The molecule has 0 fully saturated rings. The molecule has 0 amide bonds. The van der Waals surface area contributed by atoms with Crippen LogP contribution in [0.4, 0.5) is 0 Å². The van der Waals surface area contributed by atoms with Crippen molar-refractivity contribution in [3.8, 4) is 0 Å². The first-order chi connectivity index (χ1) is 9.88. The molecule has 2 heterocycles. The second-order valence-corrected chi connectivity index (χ2v) is 4.95. The number of fused-ring (bicyclic) bond motifs is 1. The molecule has 1 N–H and O–H groups in total. The zero-order valence-electron chi connectivity index (χ0n) is 11.6. The van der Waals surface area contributed by atoms with E-state index in [0.717, 1.165) is 25.0 Å². The van der Waals surface area contributed by atoms with Gasteiger partial charge >= 0.3 is 0 Å². The fourth-order valence-corrected chi connectivity index (χ4v) is 2.43. The lowest BCUT2D eigenvalue weighted by Crippen LogP contribution is -2.25. The average molecular weight is 269 g/mol. The molecule has 0 saturated carbocycles. The summed E-state index contributed by atoms with van der Waals surface area (Å²) in [7, 11) is 0. The second-order valence-electron chi connectivity index (χ2n) is 4.95. The van der Waals surface area contributed by atoms with Crippen molar-refractivity contribution >= 4 is 11.0 Å². The van der Waals surface area contributed by atoms with Crippen molar-refractivity contribution in [3.05, 3.63) is 54.7 Å². The summed E-state index contributed by atoms with van der Waals surface area (Å²) in [5.41, 5.74) is 3.38. The Labute approximate surface area is 118 Å². The smallest absolute Gasteiger partial charge is 0.0958 e. The SMILES string of the molecule is CCCNC(Cn1cnc2ccccc21)c1ccoc1. The number of benzene rings is 1. The zero-order valence-corrected chi connectivity index (χ0v) is 11.6. The van der Waals surface area contributed by atoms with Gasteiger partial charge in [-0.25, -0.2) is 4.98 Å². The lowest BCUT2D eigenvalue weighted by Gasteiger charge is -2.18. The van der Waals surface area contributed by atoms with Crippen LogP contribution in [0.5, 0.6) is 0 Å². The van der Waals surface area contributed by atoms with E-state index in [9.17, 15) is 0 Å². The van der Waals surface area contributed by atoms with Gasteiger partial charge in [0.25, 0.3) is 0 Å². The van der Waals surface area contributed by atoms with Gasteiger partial charge in [0.1, 0.15) is 0 Å². The molecule has 0 spiro atoms. The van der Waals surface area contributed by atoms with E-state index >= 15 is 0 Å². The minimum absolute atomic E-state index is 0.242. The Kier molecular flexibility index (Phi) is 3.83. The monoisotopic (exact) mass is 269 g/mol. The van der Waals surface area contributed by atoms with Crippen LogP contribution in [0.15, 0.2) is 53.6 Å². The minimum Gasteiger partial charge on any atom is -0.472 e. The largest absolute Gasteiger partial charge is 0.472 e. The summed E-state index contributed by atoms with van der Waals surface area (Å²) >= 11 is 0. The van der Waals surface area contributed by atoms with Crippen molar-refractivity contribution in [1.82, 2.24) is 14.9 Å². The lowest BCUT2D eigenvalue weighted by atomic mass is 10.1. The molecule has 0 aliphatic carbocycles. The van der Waals surface area contributed by atoms with Gasteiger partial charge in [0.05, 0.1) is 35.9 Å². The van der Waals surface area contributed by atoms with E-state index in [0.29, 0.717) is 0 Å². The first kappa shape index (κ1) is 12.9. The number of furan rings is 1. The van der Waals surface area contributed by atoms with Crippen molar-refractivity contribution in [3.63, 3.8) is 0 Å². The van der Waals surface area contributed by atoms with Crippen molar-refractivity contribution in [2.24, 2.45) is 0 Å². The topological polar surface area (TPSA) is 43.0 Å². The minimum atomic E-state index is 0.242. The zero-order chi connectivity index (χ0) is 13.8. The average Bonchev–Trinajstić information content (AvgIpc) is 3.13. The van der Waals surface area contributed by atoms with Crippen molar-refractivity contribution in [1.29, 1.82) is 0 Å². The Morgan fingerprint density at radius 3 is 3.00 bits per heavy atom. The van der Waals surface area contributed by atoms with Gasteiger partial charge in [-0.2, -0.15) is 0 Å². The standard InChI is InChI=1S/C16H19N3O/c1-2-8-17-15(13-7-9-20-11-13)10-19-12-18-14-5-3-4-6-16(14)19/h3-7,9,11-12,15,17H,2,8,10H2,1H3. The highest BCUT2D eigenvalue weighted by molar-refractivity contribution is 5.74. The molecule has 104 valence electrons. The molecule has 0 saturated heterocycles. The van der Waals surface area contributed by atoms with Crippen LogP contribution in [0.3, 0.4) is 0 Å². The van der Waals surface area contributed by atoms with E-state index in [1.54, 1.807) is 6.26 Å². The highest BCUT2D eigenvalue weighted by Gasteiger charge is 2.14. The first-order valence-electron chi connectivity index (χ1n) is 7.04. The van der Waals surface area contributed by atoms with Crippen LogP contribution in [-0.2, 0) is 6.54 Å². The van der Waals surface area contributed by atoms with Crippen LogP contribution in [0.25, 0.3) is 11.0 Å². The highest BCUT2D eigenvalue weighted by Crippen LogP contribution is 2.19. The summed E-state index contributed by atoms with van der Waals surface area (Å²) in [5.74, 6) is 0. The van der Waals surface area contributed by atoms with Gasteiger partial charge in [-0.15, -0.1) is 0 Å². The summed E-state index contributed by atoms with van der Waals surface area (Å²) in [5, 5.41) is 3.57. The number of hydrogen-bond donors (Lipinski definition) is 1. The summed E-state index contributed by atoms with van der Waals surface area (Å²) < 4.78 is 7.41. The number of hydrogen-bond acceptors (Lipinski definition) is 3. The molecule has 0 radical (unpaired) electrons. The van der Waals surface area contributed by atoms with Gasteiger partial charge in [-0.05, 0) is 31.2 Å². The molecular weight excluding hydrogens is 250 g/mol. The van der Waals surface area contributed by atoms with Gasteiger partial charge in [-0.3, -0.25) is 0 Å². The molecular formula is C16H19N3O. The molecule has 1 unspecified atom stereocenters. The van der Waals surface area contributed by atoms with Crippen LogP contribution in [0.1, 0.15) is 24.9 Å². The molecule has 2 aromatic heterocycles. The fraction of sp³-hybridized carbons (Fsp3) is 0.312. The molecule has 4 heteroatoms. The maximum Gasteiger partial charge on any atom is 0.0958 e. The van der Waals surface area contributed by atoms with Crippen molar-refractivity contribution in [2.45, 2.75) is 25.9 Å². The van der Waals surface area contributed by atoms with Crippen LogP contribution < -0.4 is 5.32 Å². The molecule has 1 aromatic carbocycles. The lowest BCUT2D eigenvalue weighted by molar-refractivity contribution is 0.461. The Morgan fingerprint density at radius 1 is 1.30 bits per heavy atom. The number of nitrogens with zero attached hydrogens (tertiary/aromatic N) is 2. The van der Waals surface area contributed by atoms with Gasteiger partial charge in [0.2, 0.25) is 0 Å². The number of rotatable bonds is 6. The summed E-state index contributed by atoms with van der Waals surface area (Å²) in [6.45, 7) is 4.01. The predicted molar refractivity (Wildman–Crippen MR) is 79.5 cm³/mol. The van der Waals surface area contributed by atoms with E-state index < -0.39 is 0 Å². The molecule has 3 rings (SSSR count). The maximum atomic E-state index is 5.22. The Hall–Kier alpha value is -2.07. The predicted octanol–water partition coefficient (Wildman–Crippen LogP) is 3.37. The molecule has 0 aliphatic heterocycles. The fourth-order valence-electron chi connectivity index (χ4n) is 2.43. The third-order valence-electron chi connectivity index (χ3n) is 3.49. The van der Waals surface area contributed by atoms with Gasteiger partial charge in [-0.1, -0.05) is 19.1 Å². The Morgan fingerprint density at radius 2 is 2.20 bits per heavy atom. The van der Waals surface area contributed by atoms with Crippen LogP contribution in [0.2, 0.25) is 0 Å². The van der Waals surface area contributed by atoms with E-state index in [-0.39, 0.29) is 6.04 Å². The number of imidazole rings is 1.